The second-order valence-electron chi connectivity index (χ2n) is 2.95. The van der Waals surface area contributed by atoms with Gasteiger partial charge in [0.25, 0.3) is 0 Å². The lowest BCUT2D eigenvalue weighted by atomic mass is 10.1. The molecule has 15 heavy (non-hydrogen) atoms. The normalized spacial score (nSPS) is 14.0. The molecule has 0 saturated heterocycles. The third-order valence-electron chi connectivity index (χ3n) is 2.08. The van der Waals surface area contributed by atoms with Crippen molar-refractivity contribution in [1.29, 1.82) is 10.8 Å². The minimum absolute atomic E-state index is 0.00750. The van der Waals surface area contributed by atoms with Gasteiger partial charge in [-0.3, -0.25) is 10.8 Å². The molecule has 0 aliphatic carbocycles. The van der Waals surface area contributed by atoms with Crippen molar-refractivity contribution in [3.05, 3.63) is 21.2 Å². The molecule has 1 aliphatic heterocycles. The van der Waals surface area contributed by atoms with Crippen LogP contribution in [0.5, 0.6) is 11.5 Å². The monoisotopic (exact) mass is 245 g/mol. The Morgan fingerprint density at radius 1 is 0.867 bits per heavy atom. The third kappa shape index (κ3) is 1.17. The Labute approximate surface area is 94.3 Å². The van der Waals surface area contributed by atoms with Crippen molar-refractivity contribution in [2.45, 2.75) is 0 Å². The van der Waals surface area contributed by atoms with Crippen molar-refractivity contribution < 1.29 is 10.2 Å². The highest BCUT2D eigenvalue weighted by molar-refractivity contribution is 6.45. The zero-order chi connectivity index (χ0) is 11.3. The lowest BCUT2D eigenvalue weighted by Gasteiger charge is -2.07. The lowest BCUT2D eigenvalue weighted by Crippen LogP contribution is -2.20. The first kappa shape index (κ1) is 10.1. The summed E-state index contributed by atoms with van der Waals surface area (Å²) in [5.41, 5.74) is -0.0150. The van der Waals surface area contributed by atoms with E-state index in [0.29, 0.717) is 0 Å². The number of halogens is 2. The van der Waals surface area contributed by atoms with Crippen LogP contribution in [0.1, 0.15) is 11.1 Å². The highest BCUT2D eigenvalue weighted by atomic mass is 35.5. The van der Waals surface area contributed by atoms with Crippen LogP contribution in [0.2, 0.25) is 10.0 Å². The molecular formula is C8H5Cl2N3O2. The number of aromatic hydroxyl groups is 2. The highest BCUT2D eigenvalue weighted by Crippen LogP contribution is 2.45. The van der Waals surface area contributed by atoms with Crippen molar-refractivity contribution >= 4 is 34.9 Å². The van der Waals surface area contributed by atoms with Gasteiger partial charge in [-0.2, -0.15) is 0 Å². The largest absolute Gasteiger partial charge is 0.506 e. The summed E-state index contributed by atoms with van der Waals surface area (Å²) in [5.74, 6) is -1.20. The molecule has 1 aromatic carbocycles. The van der Waals surface area contributed by atoms with Gasteiger partial charge in [0.15, 0.2) is 0 Å². The van der Waals surface area contributed by atoms with Gasteiger partial charge in [-0.25, -0.2) is 0 Å². The number of phenols is 2. The van der Waals surface area contributed by atoms with Gasteiger partial charge in [-0.15, -0.1) is 0 Å². The van der Waals surface area contributed by atoms with Crippen molar-refractivity contribution in [2.24, 2.45) is 0 Å². The molecule has 0 spiro atoms. The zero-order valence-electron chi connectivity index (χ0n) is 7.15. The van der Waals surface area contributed by atoms with Crippen LogP contribution < -0.4 is 5.32 Å². The van der Waals surface area contributed by atoms with Crippen LogP contribution in [0.15, 0.2) is 0 Å². The third-order valence-corrected chi connectivity index (χ3v) is 2.91. The standard InChI is InChI=1S/C8H5Cl2N3O2/c9-3-4(10)6(15)2-1(5(3)14)7(11)13-8(2)12/h14-15H,(H3,11,12,13). The number of amidine groups is 2. The molecule has 0 fully saturated rings. The Morgan fingerprint density at radius 3 is 1.53 bits per heavy atom. The second-order valence-corrected chi connectivity index (χ2v) is 3.71. The fraction of sp³-hybridized carbons (Fsp3) is 0. The number of nitrogens with one attached hydrogen (secondary N) is 3. The minimum atomic E-state index is -0.408. The summed E-state index contributed by atoms with van der Waals surface area (Å²) in [6, 6.07) is 0. The smallest absolute Gasteiger partial charge is 0.147 e. The molecule has 1 aliphatic rings. The van der Waals surface area contributed by atoms with Crippen LogP contribution in [0.4, 0.5) is 0 Å². The molecule has 2 rings (SSSR count). The number of rotatable bonds is 0. The van der Waals surface area contributed by atoms with E-state index < -0.39 is 11.5 Å². The maximum atomic E-state index is 9.61. The molecule has 0 aromatic heterocycles. The van der Waals surface area contributed by atoms with Crippen LogP contribution in [0.25, 0.3) is 0 Å². The van der Waals surface area contributed by atoms with Crippen LogP contribution in [0.3, 0.4) is 0 Å². The summed E-state index contributed by atoms with van der Waals surface area (Å²) < 4.78 is 0. The molecule has 5 N–H and O–H groups in total. The number of benzene rings is 1. The summed E-state index contributed by atoms with van der Waals surface area (Å²) in [5, 5.41) is 36.0. The van der Waals surface area contributed by atoms with E-state index in [-0.39, 0.29) is 32.8 Å². The van der Waals surface area contributed by atoms with Crippen molar-refractivity contribution in [1.82, 2.24) is 5.32 Å². The SMILES string of the molecule is N=C1NC(=N)c2c(O)c(Cl)c(Cl)c(O)c21. The average molecular weight is 246 g/mol. The number of fused-ring (bicyclic) bond motifs is 1. The van der Waals surface area contributed by atoms with Gasteiger partial charge >= 0.3 is 0 Å². The van der Waals surface area contributed by atoms with Crippen LogP contribution >= 0.6 is 23.2 Å². The van der Waals surface area contributed by atoms with Gasteiger partial charge in [-0.05, 0) is 0 Å². The first-order chi connectivity index (χ1) is 6.95. The molecule has 7 heteroatoms. The van der Waals surface area contributed by atoms with Crippen molar-refractivity contribution in [3.63, 3.8) is 0 Å². The van der Waals surface area contributed by atoms with Crippen molar-refractivity contribution in [3.8, 4) is 11.5 Å². The second kappa shape index (κ2) is 3.01. The zero-order valence-corrected chi connectivity index (χ0v) is 8.66. The maximum absolute atomic E-state index is 9.61. The summed E-state index contributed by atoms with van der Waals surface area (Å²) in [7, 11) is 0. The molecule has 0 radical (unpaired) electrons. The Balaban J connectivity index is 2.92. The molecule has 0 atom stereocenters. The van der Waals surface area contributed by atoms with Gasteiger partial charge in [0.05, 0.1) is 11.1 Å². The molecule has 1 aromatic rings. The summed E-state index contributed by atoms with van der Waals surface area (Å²) >= 11 is 11.3. The summed E-state index contributed by atoms with van der Waals surface area (Å²) in [4.78, 5) is 0. The summed E-state index contributed by atoms with van der Waals surface area (Å²) in [6.07, 6.45) is 0. The highest BCUT2D eigenvalue weighted by Gasteiger charge is 2.32. The average Bonchev–Trinajstić information content (AvgIpc) is 2.47. The van der Waals surface area contributed by atoms with E-state index in [1.807, 2.05) is 0 Å². The molecule has 0 bridgehead atoms. The Kier molecular flexibility index (Phi) is 2.02. The predicted molar refractivity (Wildman–Crippen MR) is 56.6 cm³/mol. The van der Waals surface area contributed by atoms with Crippen LogP contribution in [0, 0.1) is 10.8 Å². The minimum Gasteiger partial charge on any atom is -0.506 e. The van der Waals surface area contributed by atoms with Crippen LogP contribution in [-0.2, 0) is 0 Å². The quantitative estimate of drug-likeness (QED) is 0.450. The van der Waals surface area contributed by atoms with E-state index in [4.69, 9.17) is 34.0 Å². The Hall–Kier alpha value is -1.46. The molecule has 5 nitrogen and oxygen atoms in total. The van der Waals surface area contributed by atoms with Gasteiger partial charge in [0.2, 0.25) is 0 Å². The molecule has 1 heterocycles. The topological polar surface area (TPSA) is 100 Å². The van der Waals surface area contributed by atoms with Crippen LogP contribution in [-0.4, -0.2) is 21.9 Å². The lowest BCUT2D eigenvalue weighted by molar-refractivity contribution is 0.459. The molecule has 0 amide bonds. The summed E-state index contributed by atoms with van der Waals surface area (Å²) in [6.45, 7) is 0. The van der Waals surface area contributed by atoms with E-state index in [1.165, 1.54) is 0 Å². The Bertz CT molecular complexity index is 468. The molecule has 0 saturated carbocycles. The van der Waals surface area contributed by atoms with Crippen molar-refractivity contribution in [2.75, 3.05) is 0 Å². The maximum Gasteiger partial charge on any atom is 0.147 e. The molecular weight excluding hydrogens is 241 g/mol. The first-order valence-corrected chi connectivity index (χ1v) is 4.58. The fourth-order valence-corrected chi connectivity index (χ4v) is 1.77. The Morgan fingerprint density at radius 2 is 1.20 bits per heavy atom. The fourth-order valence-electron chi connectivity index (χ4n) is 1.40. The van der Waals surface area contributed by atoms with E-state index >= 15 is 0 Å². The first-order valence-electron chi connectivity index (χ1n) is 3.83. The number of phenolic OH excluding ortho intramolecular Hbond substituents is 2. The van der Waals surface area contributed by atoms with Gasteiger partial charge in [0.1, 0.15) is 33.2 Å². The van der Waals surface area contributed by atoms with E-state index in [9.17, 15) is 10.2 Å². The number of hydrogen-bond donors (Lipinski definition) is 5. The molecule has 0 unspecified atom stereocenters. The van der Waals surface area contributed by atoms with E-state index in [1.54, 1.807) is 0 Å². The molecule has 78 valence electrons. The van der Waals surface area contributed by atoms with Gasteiger partial charge < -0.3 is 15.5 Å². The number of hydrogen-bond acceptors (Lipinski definition) is 4. The van der Waals surface area contributed by atoms with Gasteiger partial charge in [-0.1, -0.05) is 23.2 Å². The van der Waals surface area contributed by atoms with E-state index in [2.05, 4.69) is 5.32 Å². The van der Waals surface area contributed by atoms with Gasteiger partial charge in [0, 0.05) is 0 Å². The predicted octanol–water partition coefficient (Wildman–Crippen LogP) is 1.66. The van der Waals surface area contributed by atoms with E-state index in [0.717, 1.165) is 0 Å².